The molecule has 0 aromatic heterocycles. The molecule has 1 amide bonds. The number of nitro benzene ring substituents is 1. The summed E-state index contributed by atoms with van der Waals surface area (Å²) in [6.45, 7) is 0. The molecule has 0 heterocycles. The van der Waals surface area contributed by atoms with Gasteiger partial charge in [0.25, 0.3) is 11.6 Å². The zero-order chi connectivity index (χ0) is 21.3. The van der Waals surface area contributed by atoms with Crippen LogP contribution in [0.3, 0.4) is 0 Å². The third-order valence-electron chi connectivity index (χ3n) is 3.11. The molecule has 2 aromatic carbocycles. The number of alkyl halides is 3. The third kappa shape index (κ3) is 5.47. The minimum Gasteiger partial charge on any atom is -0.456 e. The molecule has 14 heteroatoms. The Labute approximate surface area is 164 Å². The van der Waals surface area contributed by atoms with Gasteiger partial charge in [0.05, 0.1) is 15.5 Å². The second kappa shape index (κ2) is 7.81. The second-order valence-corrected chi connectivity index (χ2v) is 7.76. The van der Waals surface area contributed by atoms with E-state index in [0.717, 1.165) is 24.3 Å². The highest BCUT2D eigenvalue weighted by atomic mass is 35.7. The van der Waals surface area contributed by atoms with Crippen molar-refractivity contribution in [3.8, 4) is 11.5 Å². The summed E-state index contributed by atoms with van der Waals surface area (Å²) in [5, 5.41) is 10.6. The summed E-state index contributed by atoms with van der Waals surface area (Å²) in [6.07, 6.45) is -4.63. The lowest BCUT2D eigenvalue weighted by molar-refractivity contribution is -0.385. The molecule has 0 fully saturated rings. The molecule has 0 radical (unpaired) electrons. The lowest BCUT2D eigenvalue weighted by Gasteiger charge is -2.12. The van der Waals surface area contributed by atoms with Crippen molar-refractivity contribution in [1.29, 1.82) is 0 Å². The molecule has 2 rings (SSSR count). The molecular formula is C14H7Cl2F3N2O6S. The van der Waals surface area contributed by atoms with Crippen molar-refractivity contribution in [2.75, 3.05) is 0 Å². The Kier molecular flexibility index (Phi) is 6.06. The summed E-state index contributed by atoms with van der Waals surface area (Å²) < 4.78 is 66.5. The summed E-state index contributed by atoms with van der Waals surface area (Å²) in [7, 11) is 0.352. The highest BCUT2D eigenvalue weighted by molar-refractivity contribution is 8.12. The van der Waals surface area contributed by atoms with Gasteiger partial charge in [-0.05, 0) is 24.3 Å². The zero-order valence-electron chi connectivity index (χ0n) is 13.2. The molecule has 0 aliphatic carbocycles. The Morgan fingerprint density at radius 1 is 1.18 bits per heavy atom. The number of carbonyl (C=O) groups excluding carboxylic acids is 1. The van der Waals surface area contributed by atoms with Crippen LogP contribution >= 0.6 is 22.3 Å². The zero-order valence-corrected chi connectivity index (χ0v) is 15.5. The molecular weight excluding hydrogens is 452 g/mol. The van der Waals surface area contributed by atoms with Gasteiger partial charge in [0.2, 0.25) is 0 Å². The fourth-order valence-electron chi connectivity index (χ4n) is 1.97. The van der Waals surface area contributed by atoms with Gasteiger partial charge in [-0.25, -0.2) is 4.72 Å². The largest absolute Gasteiger partial charge is 0.456 e. The highest BCUT2D eigenvalue weighted by Gasteiger charge is 2.31. The predicted molar refractivity (Wildman–Crippen MR) is 91.9 cm³/mol. The molecule has 8 nitrogen and oxygen atoms in total. The lowest BCUT2D eigenvalue weighted by atomic mass is 10.1. The van der Waals surface area contributed by atoms with Gasteiger partial charge >= 0.3 is 15.4 Å². The molecule has 150 valence electrons. The van der Waals surface area contributed by atoms with E-state index in [2.05, 4.69) is 0 Å². The molecule has 0 atom stereocenters. The number of halogens is 5. The number of carbonyl (C=O) groups is 1. The minimum absolute atomic E-state index is 0.232. The average Bonchev–Trinajstić information content (AvgIpc) is 2.54. The van der Waals surface area contributed by atoms with Gasteiger partial charge in [0.1, 0.15) is 17.1 Å². The summed E-state index contributed by atoms with van der Waals surface area (Å²) >= 11 is 5.75. The number of ether oxygens (including phenoxy) is 1. The number of rotatable bonds is 5. The SMILES string of the molecule is O=C(NS(=O)(=O)Cl)c1cc(Oc2ccc(C(F)(F)F)cc2Cl)ccc1[N+](=O)[O-]. The number of nitrogens with zero attached hydrogens (tertiary/aromatic N) is 1. The molecule has 0 aliphatic rings. The number of hydrogen-bond donors (Lipinski definition) is 1. The standard InChI is InChI=1S/C14H7Cl2F3N2O6S/c15-10-5-7(14(17,18)19)1-4-12(10)27-8-2-3-11(21(23)24)9(6-8)13(22)20-28(16,25)26/h1-6H,(H,20,22). The van der Waals surface area contributed by atoms with Crippen LogP contribution in [-0.4, -0.2) is 19.2 Å². The molecule has 1 N–H and O–H groups in total. The second-order valence-electron chi connectivity index (χ2n) is 5.05. The number of hydrogen-bond acceptors (Lipinski definition) is 6. The molecule has 0 saturated carbocycles. The van der Waals surface area contributed by atoms with Crippen LogP contribution < -0.4 is 9.46 Å². The quantitative estimate of drug-likeness (QED) is 0.406. The molecule has 0 spiro atoms. The van der Waals surface area contributed by atoms with E-state index in [4.69, 9.17) is 27.0 Å². The minimum atomic E-state index is -4.63. The van der Waals surface area contributed by atoms with Crippen LogP contribution in [0.5, 0.6) is 11.5 Å². The van der Waals surface area contributed by atoms with Gasteiger partial charge < -0.3 is 4.74 Å². The first-order chi connectivity index (χ1) is 12.8. The van der Waals surface area contributed by atoms with Crippen LogP contribution in [0.25, 0.3) is 0 Å². The Hall–Kier alpha value is -2.57. The van der Waals surface area contributed by atoms with E-state index < -0.39 is 48.1 Å². The van der Waals surface area contributed by atoms with E-state index in [1.165, 1.54) is 4.72 Å². The summed E-state index contributed by atoms with van der Waals surface area (Å²) in [6, 6.07) is 4.90. The first-order valence-electron chi connectivity index (χ1n) is 6.87. The lowest BCUT2D eigenvalue weighted by Crippen LogP contribution is -2.27. The molecule has 28 heavy (non-hydrogen) atoms. The van der Waals surface area contributed by atoms with E-state index in [1.807, 2.05) is 0 Å². The highest BCUT2D eigenvalue weighted by Crippen LogP contribution is 2.37. The van der Waals surface area contributed by atoms with Crippen molar-refractivity contribution >= 4 is 43.1 Å². The maximum Gasteiger partial charge on any atom is 0.416 e. The maximum atomic E-state index is 12.7. The van der Waals surface area contributed by atoms with E-state index in [-0.39, 0.29) is 11.5 Å². The summed E-state index contributed by atoms with van der Waals surface area (Å²) in [4.78, 5) is 22.0. The van der Waals surface area contributed by atoms with E-state index in [1.54, 1.807) is 0 Å². The van der Waals surface area contributed by atoms with E-state index in [9.17, 15) is 36.5 Å². The van der Waals surface area contributed by atoms with Gasteiger partial charge in [-0.1, -0.05) is 11.6 Å². The van der Waals surface area contributed by atoms with Gasteiger partial charge in [-0.3, -0.25) is 14.9 Å². The van der Waals surface area contributed by atoms with Gasteiger partial charge in [0, 0.05) is 22.8 Å². The van der Waals surface area contributed by atoms with Crippen molar-refractivity contribution in [3.05, 3.63) is 62.7 Å². The Morgan fingerprint density at radius 3 is 2.32 bits per heavy atom. The first-order valence-corrected chi connectivity index (χ1v) is 9.56. The number of nitrogens with one attached hydrogen (secondary N) is 1. The van der Waals surface area contributed by atoms with Gasteiger partial charge in [0.15, 0.2) is 0 Å². The van der Waals surface area contributed by atoms with Crippen molar-refractivity contribution in [3.63, 3.8) is 0 Å². The Balaban J connectivity index is 2.41. The monoisotopic (exact) mass is 458 g/mol. The van der Waals surface area contributed by atoms with E-state index >= 15 is 0 Å². The third-order valence-corrected chi connectivity index (χ3v) is 4.07. The van der Waals surface area contributed by atoms with Gasteiger partial charge in [-0.2, -0.15) is 21.6 Å². The summed E-state index contributed by atoms with van der Waals surface area (Å²) in [5.74, 6) is -1.88. The normalized spacial score (nSPS) is 11.8. The average molecular weight is 459 g/mol. The number of amides is 1. The molecule has 0 saturated heterocycles. The maximum absolute atomic E-state index is 12.7. The van der Waals surface area contributed by atoms with Crippen LogP contribution in [0, 0.1) is 10.1 Å². The number of nitro groups is 1. The molecule has 0 aliphatic heterocycles. The molecule has 0 bridgehead atoms. The Morgan fingerprint density at radius 2 is 1.82 bits per heavy atom. The van der Waals surface area contributed by atoms with Crippen molar-refractivity contribution in [2.24, 2.45) is 0 Å². The fraction of sp³-hybridized carbons (Fsp3) is 0.0714. The van der Waals surface area contributed by atoms with Crippen LogP contribution in [0.15, 0.2) is 36.4 Å². The molecule has 0 unspecified atom stereocenters. The van der Waals surface area contributed by atoms with Gasteiger partial charge in [-0.15, -0.1) is 0 Å². The number of benzene rings is 2. The van der Waals surface area contributed by atoms with Crippen molar-refractivity contribution < 1.29 is 36.0 Å². The topological polar surface area (TPSA) is 116 Å². The molecule has 2 aromatic rings. The van der Waals surface area contributed by atoms with Crippen LogP contribution in [0.4, 0.5) is 18.9 Å². The summed E-state index contributed by atoms with van der Waals surface area (Å²) in [5.41, 5.74) is -2.50. The van der Waals surface area contributed by atoms with Crippen LogP contribution in [0.1, 0.15) is 15.9 Å². The Bertz CT molecular complexity index is 1060. The fourth-order valence-corrected chi connectivity index (χ4v) is 2.73. The predicted octanol–water partition coefficient (Wildman–Crippen LogP) is 4.27. The van der Waals surface area contributed by atoms with Crippen LogP contribution in [-0.2, 0) is 15.4 Å². The van der Waals surface area contributed by atoms with Crippen molar-refractivity contribution in [2.45, 2.75) is 6.18 Å². The van der Waals surface area contributed by atoms with E-state index in [0.29, 0.717) is 12.1 Å². The first kappa shape index (κ1) is 21.7. The smallest absolute Gasteiger partial charge is 0.416 e. The van der Waals surface area contributed by atoms with Crippen molar-refractivity contribution in [1.82, 2.24) is 4.72 Å². The van der Waals surface area contributed by atoms with Crippen LogP contribution in [0.2, 0.25) is 5.02 Å².